The van der Waals surface area contributed by atoms with E-state index in [2.05, 4.69) is 56.1 Å². The highest BCUT2D eigenvalue weighted by atomic mass is 32.1. The molecule has 1 amide bonds. The number of fused-ring (bicyclic) bond motifs is 2. The van der Waals surface area contributed by atoms with Gasteiger partial charge in [-0.05, 0) is 87.8 Å². The zero-order valence-corrected chi connectivity index (χ0v) is 19.6. The van der Waals surface area contributed by atoms with Gasteiger partial charge in [0.15, 0.2) is 0 Å². The number of nitrogens with one attached hydrogen (secondary N) is 1. The summed E-state index contributed by atoms with van der Waals surface area (Å²) in [4.78, 5) is 17.6. The molecule has 4 rings (SSSR count). The Morgan fingerprint density at radius 2 is 1.87 bits per heavy atom. The van der Waals surface area contributed by atoms with Gasteiger partial charge in [-0.1, -0.05) is 13.0 Å². The first-order valence-corrected chi connectivity index (χ1v) is 12.1. The molecule has 2 aromatic rings. The maximum absolute atomic E-state index is 12.7. The van der Waals surface area contributed by atoms with E-state index in [4.69, 9.17) is 4.74 Å². The van der Waals surface area contributed by atoms with Gasteiger partial charge in [0.05, 0.1) is 12.0 Å². The summed E-state index contributed by atoms with van der Waals surface area (Å²) in [5.74, 6) is 1.07. The van der Waals surface area contributed by atoms with Crippen molar-refractivity contribution < 1.29 is 9.53 Å². The van der Waals surface area contributed by atoms with Gasteiger partial charge in [0.2, 0.25) is 0 Å². The average Bonchev–Trinajstić information content (AvgIpc) is 3.32. The number of aryl methyl sites for hydroxylation is 1. The first-order chi connectivity index (χ1) is 14.4. The predicted molar refractivity (Wildman–Crippen MR) is 124 cm³/mol. The van der Waals surface area contributed by atoms with Gasteiger partial charge < -0.3 is 10.1 Å². The van der Waals surface area contributed by atoms with E-state index in [1.807, 2.05) is 6.07 Å². The van der Waals surface area contributed by atoms with E-state index in [0.29, 0.717) is 18.1 Å². The number of amides is 1. The van der Waals surface area contributed by atoms with E-state index in [9.17, 15) is 4.79 Å². The van der Waals surface area contributed by atoms with Crippen LogP contribution < -0.4 is 10.1 Å². The number of hydrogen-bond donors (Lipinski definition) is 1. The fourth-order valence-electron chi connectivity index (χ4n) is 5.56. The van der Waals surface area contributed by atoms with E-state index < -0.39 is 0 Å². The van der Waals surface area contributed by atoms with Crippen LogP contribution in [0, 0.1) is 13.8 Å². The average molecular weight is 427 g/mol. The summed E-state index contributed by atoms with van der Waals surface area (Å²) in [6, 6.07) is 10.1. The number of rotatable bonds is 6. The second-order valence-corrected chi connectivity index (χ2v) is 10.0. The molecule has 1 aromatic heterocycles. The molecule has 0 aliphatic carbocycles. The lowest BCUT2D eigenvalue weighted by atomic mass is 9.91. The number of carbonyl (C=O) groups excluding carboxylic acids is 1. The summed E-state index contributed by atoms with van der Waals surface area (Å²) in [5.41, 5.74) is 3.97. The topological polar surface area (TPSA) is 41.6 Å². The van der Waals surface area contributed by atoms with Crippen molar-refractivity contribution in [2.75, 3.05) is 7.11 Å². The highest BCUT2D eigenvalue weighted by Gasteiger charge is 2.43. The molecule has 2 bridgehead atoms. The number of benzene rings is 1. The maximum atomic E-state index is 12.7. The molecule has 4 nitrogen and oxygen atoms in total. The standard InChI is InChI=1S/C25H34N2O2S/c1-6-21-9-12-24(30-21)25(28)26-18-13-19-7-8-20(14-18)27(19)17(4)22-10-11-23(29-5)16(3)15(22)2/h9-12,17-20H,6-8,13-14H2,1-5H3,(H,26,28). The summed E-state index contributed by atoms with van der Waals surface area (Å²) in [5, 5.41) is 3.34. The van der Waals surface area contributed by atoms with Crippen molar-refractivity contribution in [1.29, 1.82) is 0 Å². The third-order valence-electron chi connectivity index (χ3n) is 7.26. The molecule has 162 valence electrons. The van der Waals surface area contributed by atoms with Crippen LogP contribution in [0.3, 0.4) is 0 Å². The van der Waals surface area contributed by atoms with Crippen LogP contribution in [0.25, 0.3) is 0 Å². The number of ether oxygens (including phenoxy) is 1. The van der Waals surface area contributed by atoms with Crippen LogP contribution in [0.15, 0.2) is 24.3 Å². The lowest BCUT2D eigenvalue weighted by Gasteiger charge is -2.43. The second-order valence-electron chi connectivity index (χ2n) is 8.88. The number of hydrogen-bond acceptors (Lipinski definition) is 4. The summed E-state index contributed by atoms with van der Waals surface area (Å²) in [6.07, 6.45) is 5.55. The smallest absolute Gasteiger partial charge is 0.261 e. The van der Waals surface area contributed by atoms with Gasteiger partial charge in [0.1, 0.15) is 5.75 Å². The Balaban J connectivity index is 1.45. The third-order valence-corrected chi connectivity index (χ3v) is 8.48. The molecule has 3 unspecified atom stereocenters. The van der Waals surface area contributed by atoms with E-state index in [1.165, 1.54) is 34.4 Å². The fourth-order valence-corrected chi connectivity index (χ4v) is 6.41. The van der Waals surface area contributed by atoms with Crippen molar-refractivity contribution in [3.63, 3.8) is 0 Å². The van der Waals surface area contributed by atoms with Crippen LogP contribution in [0.5, 0.6) is 5.75 Å². The minimum Gasteiger partial charge on any atom is -0.496 e. The van der Waals surface area contributed by atoms with Crippen molar-refractivity contribution in [1.82, 2.24) is 10.2 Å². The van der Waals surface area contributed by atoms with Crippen LogP contribution in [0.1, 0.15) is 76.8 Å². The molecule has 0 spiro atoms. The number of methoxy groups -OCH3 is 1. The number of thiophene rings is 1. The summed E-state index contributed by atoms with van der Waals surface area (Å²) >= 11 is 1.62. The van der Waals surface area contributed by atoms with Crippen molar-refractivity contribution >= 4 is 17.2 Å². The van der Waals surface area contributed by atoms with E-state index in [0.717, 1.165) is 29.9 Å². The summed E-state index contributed by atoms with van der Waals surface area (Å²) < 4.78 is 5.50. The molecule has 2 aliphatic heterocycles. The summed E-state index contributed by atoms with van der Waals surface area (Å²) in [6.45, 7) is 8.84. The molecule has 0 radical (unpaired) electrons. The van der Waals surface area contributed by atoms with Gasteiger partial charge in [0.25, 0.3) is 5.91 Å². The monoisotopic (exact) mass is 426 g/mol. The largest absolute Gasteiger partial charge is 0.496 e. The molecule has 1 N–H and O–H groups in total. The second kappa shape index (κ2) is 8.72. The number of piperidine rings is 1. The van der Waals surface area contributed by atoms with Crippen LogP contribution in [0.2, 0.25) is 0 Å². The van der Waals surface area contributed by atoms with Crippen molar-refractivity contribution in [3.8, 4) is 5.75 Å². The highest BCUT2D eigenvalue weighted by Crippen LogP contribution is 2.43. The third kappa shape index (κ3) is 3.90. The Morgan fingerprint density at radius 3 is 2.47 bits per heavy atom. The van der Waals surface area contributed by atoms with Crippen molar-refractivity contribution in [3.05, 3.63) is 50.7 Å². The molecule has 2 fully saturated rings. The lowest BCUT2D eigenvalue weighted by molar-refractivity contribution is 0.0691. The van der Waals surface area contributed by atoms with Gasteiger partial charge in [-0.2, -0.15) is 0 Å². The van der Waals surface area contributed by atoms with Gasteiger partial charge in [-0.15, -0.1) is 11.3 Å². The molecule has 3 heterocycles. The van der Waals surface area contributed by atoms with Gasteiger partial charge in [-0.25, -0.2) is 0 Å². The molecule has 5 heteroatoms. The van der Waals surface area contributed by atoms with Gasteiger partial charge in [0, 0.05) is 29.0 Å². The molecular formula is C25H34N2O2S. The van der Waals surface area contributed by atoms with Gasteiger partial charge in [-0.3, -0.25) is 9.69 Å². The molecule has 3 atom stereocenters. The highest BCUT2D eigenvalue weighted by molar-refractivity contribution is 7.14. The van der Waals surface area contributed by atoms with Crippen LogP contribution >= 0.6 is 11.3 Å². The molecule has 2 saturated heterocycles. The first-order valence-electron chi connectivity index (χ1n) is 11.2. The molecule has 1 aromatic carbocycles. The van der Waals surface area contributed by atoms with Crippen LogP contribution in [-0.4, -0.2) is 36.0 Å². The Hall–Kier alpha value is -1.85. The van der Waals surface area contributed by atoms with Crippen LogP contribution in [-0.2, 0) is 6.42 Å². The molecule has 0 saturated carbocycles. The zero-order valence-electron chi connectivity index (χ0n) is 18.8. The van der Waals surface area contributed by atoms with Crippen LogP contribution in [0.4, 0.5) is 0 Å². The summed E-state index contributed by atoms with van der Waals surface area (Å²) in [7, 11) is 1.74. The minimum absolute atomic E-state index is 0.104. The molecular weight excluding hydrogens is 392 g/mol. The fraction of sp³-hybridized carbons (Fsp3) is 0.560. The van der Waals surface area contributed by atoms with Crippen molar-refractivity contribution in [2.45, 2.75) is 84.0 Å². The zero-order chi connectivity index (χ0) is 21.4. The number of nitrogens with zero attached hydrogens (tertiary/aromatic N) is 1. The Kier molecular flexibility index (Phi) is 6.21. The normalized spacial score (nSPS) is 24.6. The first kappa shape index (κ1) is 21.4. The van der Waals surface area contributed by atoms with Gasteiger partial charge >= 0.3 is 0 Å². The predicted octanol–water partition coefficient (Wildman–Crippen LogP) is 5.42. The van der Waals surface area contributed by atoms with E-state index >= 15 is 0 Å². The minimum atomic E-state index is 0.104. The van der Waals surface area contributed by atoms with E-state index in [1.54, 1.807) is 18.4 Å². The number of carbonyl (C=O) groups is 1. The van der Waals surface area contributed by atoms with Crippen molar-refractivity contribution in [2.24, 2.45) is 0 Å². The Labute approximate surface area is 184 Å². The molecule has 2 aliphatic rings. The Bertz CT molecular complexity index is 908. The van der Waals surface area contributed by atoms with E-state index in [-0.39, 0.29) is 11.9 Å². The Morgan fingerprint density at radius 1 is 1.17 bits per heavy atom. The maximum Gasteiger partial charge on any atom is 0.261 e. The lowest BCUT2D eigenvalue weighted by Crippen LogP contribution is -2.51. The SMILES string of the molecule is CCc1ccc(C(=O)NC2CC3CCC(C2)N3C(C)c2ccc(OC)c(C)c2C)s1. The quantitative estimate of drug-likeness (QED) is 0.670. The molecule has 30 heavy (non-hydrogen) atoms.